The zero-order chi connectivity index (χ0) is 16.1. The van der Waals surface area contributed by atoms with E-state index in [1.807, 2.05) is 25.1 Å². The van der Waals surface area contributed by atoms with Gasteiger partial charge in [0.2, 0.25) is 5.91 Å². The standard InChI is InChI=1S/C18H19N3O/c1-12-7-8-17(9-13(12)2)20-14(3)18(22)21-16-6-4-5-15(10-16)11-19/h4-10,14,20H,1-3H3,(H,21,22)/t14-/m0/s1. The van der Waals surface area contributed by atoms with Crippen LogP contribution in [0.5, 0.6) is 0 Å². The highest BCUT2D eigenvalue weighted by molar-refractivity contribution is 5.96. The Hall–Kier alpha value is -2.80. The molecule has 0 fully saturated rings. The van der Waals surface area contributed by atoms with Crippen molar-refractivity contribution >= 4 is 17.3 Å². The molecule has 2 N–H and O–H groups in total. The van der Waals surface area contributed by atoms with Gasteiger partial charge in [-0.15, -0.1) is 0 Å². The maximum atomic E-state index is 12.2. The van der Waals surface area contributed by atoms with Crippen molar-refractivity contribution < 1.29 is 4.79 Å². The van der Waals surface area contributed by atoms with E-state index >= 15 is 0 Å². The molecule has 1 atom stereocenters. The van der Waals surface area contributed by atoms with E-state index < -0.39 is 0 Å². The molecule has 0 saturated carbocycles. The van der Waals surface area contributed by atoms with Gasteiger partial charge in [-0.1, -0.05) is 12.1 Å². The fraction of sp³-hybridized carbons (Fsp3) is 0.222. The lowest BCUT2D eigenvalue weighted by molar-refractivity contribution is -0.116. The Morgan fingerprint density at radius 1 is 1.09 bits per heavy atom. The van der Waals surface area contributed by atoms with Crippen LogP contribution < -0.4 is 10.6 Å². The highest BCUT2D eigenvalue weighted by atomic mass is 16.2. The average molecular weight is 293 g/mol. The van der Waals surface area contributed by atoms with E-state index in [0.717, 1.165) is 5.69 Å². The monoisotopic (exact) mass is 293 g/mol. The lowest BCUT2D eigenvalue weighted by Crippen LogP contribution is -2.31. The maximum absolute atomic E-state index is 12.2. The molecule has 4 nitrogen and oxygen atoms in total. The topological polar surface area (TPSA) is 64.9 Å². The van der Waals surface area contributed by atoms with Crippen molar-refractivity contribution in [3.63, 3.8) is 0 Å². The van der Waals surface area contributed by atoms with Gasteiger partial charge in [-0.3, -0.25) is 4.79 Å². The van der Waals surface area contributed by atoms with E-state index in [0.29, 0.717) is 11.3 Å². The number of aryl methyl sites for hydroxylation is 2. The summed E-state index contributed by atoms with van der Waals surface area (Å²) in [5, 5.41) is 14.9. The molecule has 112 valence electrons. The number of benzene rings is 2. The van der Waals surface area contributed by atoms with Crippen LogP contribution in [0.25, 0.3) is 0 Å². The number of carbonyl (C=O) groups excluding carboxylic acids is 1. The van der Waals surface area contributed by atoms with Gasteiger partial charge in [0.15, 0.2) is 0 Å². The summed E-state index contributed by atoms with van der Waals surface area (Å²) >= 11 is 0. The van der Waals surface area contributed by atoms with Gasteiger partial charge in [0, 0.05) is 11.4 Å². The summed E-state index contributed by atoms with van der Waals surface area (Å²) in [5.41, 5.74) is 4.46. The number of carbonyl (C=O) groups is 1. The smallest absolute Gasteiger partial charge is 0.246 e. The SMILES string of the molecule is Cc1ccc(N[C@@H](C)C(=O)Nc2cccc(C#N)c2)cc1C. The highest BCUT2D eigenvalue weighted by Crippen LogP contribution is 2.16. The van der Waals surface area contributed by atoms with Gasteiger partial charge in [-0.2, -0.15) is 5.26 Å². The van der Waals surface area contributed by atoms with Crippen LogP contribution in [0.15, 0.2) is 42.5 Å². The number of rotatable bonds is 4. The summed E-state index contributed by atoms with van der Waals surface area (Å²) < 4.78 is 0. The molecule has 2 aromatic rings. The summed E-state index contributed by atoms with van der Waals surface area (Å²) in [7, 11) is 0. The first kappa shape index (κ1) is 15.6. The second-order valence-electron chi connectivity index (χ2n) is 5.35. The molecule has 2 aromatic carbocycles. The minimum absolute atomic E-state index is 0.145. The van der Waals surface area contributed by atoms with Crippen molar-refractivity contribution in [2.24, 2.45) is 0 Å². The molecule has 0 saturated heterocycles. The third-order valence-corrected chi connectivity index (χ3v) is 3.54. The Kier molecular flexibility index (Phi) is 4.80. The van der Waals surface area contributed by atoms with Crippen LogP contribution in [-0.2, 0) is 4.79 Å². The van der Waals surface area contributed by atoms with Crippen LogP contribution >= 0.6 is 0 Å². The Morgan fingerprint density at radius 3 is 2.55 bits per heavy atom. The molecule has 0 aliphatic rings. The molecular formula is C18H19N3O. The Balaban J connectivity index is 2.02. The summed E-state index contributed by atoms with van der Waals surface area (Å²) in [6, 6.07) is 14.5. The quantitative estimate of drug-likeness (QED) is 0.905. The first-order valence-corrected chi connectivity index (χ1v) is 7.14. The molecular weight excluding hydrogens is 274 g/mol. The van der Waals surface area contributed by atoms with Gasteiger partial charge in [0.25, 0.3) is 0 Å². The second-order valence-corrected chi connectivity index (χ2v) is 5.35. The number of amides is 1. The summed E-state index contributed by atoms with van der Waals surface area (Å²) in [5.74, 6) is -0.145. The number of nitrogens with zero attached hydrogens (tertiary/aromatic N) is 1. The Morgan fingerprint density at radius 2 is 1.86 bits per heavy atom. The van der Waals surface area contributed by atoms with Crippen molar-refractivity contribution in [1.29, 1.82) is 5.26 Å². The van der Waals surface area contributed by atoms with Crippen LogP contribution in [0.4, 0.5) is 11.4 Å². The normalized spacial score (nSPS) is 11.4. The summed E-state index contributed by atoms with van der Waals surface area (Å²) in [6.07, 6.45) is 0. The van der Waals surface area contributed by atoms with Crippen LogP contribution in [0.1, 0.15) is 23.6 Å². The lowest BCUT2D eigenvalue weighted by atomic mass is 10.1. The minimum Gasteiger partial charge on any atom is -0.374 e. The van der Waals surface area contributed by atoms with E-state index in [9.17, 15) is 4.79 Å². The third kappa shape index (κ3) is 3.86. The molecule has 0 bridgehead atoms. The fourth-order valence-electron chi connectivity index (χ4n) is 2.06. The number of anilines is 2. The lowest BCUT2D eigenvalue weighted by Gasteiger charge is -2.16. The van der Waals surface area contributed by atoms with Crippen molar-refractivity contribution in [3.8, 4) is 6.07 Å². The third-order valence-electron chi connectivity index (χ3n) is 3.54. The van der Waals surface area contributed by atoms with Gasteiger partial charge >= 0.3 is 0 Å². The van der Waals surface area contributed by atoms with E-state index in [4.69, 9.17) is 5.26 Å². The summed E-state index contributed by atoms with van der Waals surface area (Å²) in [6.45, 7) is 5.90. The predicted molar refractivity (Wildman–Crippen MR) is 88.8 cm³/mol. The van der Waals surface area contributed by atoms with E-state index in [1.165, 1.54) is 11.1 Å². The maximum Gasteiger partial charge on any atom is 0.246 e. The number of hydrogen-bond donors (Lipinski definition) is 2. The van der Waals surface area contributed by atoms with Gasteiger partial charge in [-0.05, 0) is 62.2 Å². The minimum atomic E-state index is -0.382. The molecule has 0 aliphatic heterocycles. The molecule has 0 aliphatic carbocycles. The first-order chi connectivity index (χ1) is 10.5. The largest absolute Gasteiger partial charge is 0.374 e. The van der Waals surface area contributed by atoms with E-state index in [2.05, 4.69) is 23.6 Å². The van der Waals surface area contributed by atoms with Crippen LogP contribution in [0.3, 0.4) is 0 Å². The fourth-order valence-corrected chi connectivity index (χ4v) is 2.06. The molecule has 2 rings (SSSR count). The van der Waals surface area contributed by atoms with Gasteiger partial charge in [0.1, 0.15) is 6.04 Å². The zero-order valence-electron chi connectivity index (χ0n) is 13.0. The van der Waals surface area contributed by atoms with Gasteiger partial charge < -0.3 is 10.6 Å². The second kappa shape index (κ2) is 6.77. The van der Waals surface area contributed by atoms with Crippen molar-refractivity contribution in [2.75, 3.05) is 10.6 Å². The number of hydrogen-bond acceptors (Lipinski definition) is 3. The molecule has 0 heterocycles. The molecule has 0 unspecified atom stereocenters. The Bertz CT molecular complexity index is 731. The van der Waals surface area contributed by atoms with Crippen molar-refractivity contribution in [1.82, 2.24) is 0 Å². The Labute approximate surface area is 130 Å². The van der Waals surface area contributed by atoms with Gasteiger partial charge in [0.05, 0.1) is 11.6 Å². The predicted octanol–water partition coefficient (Wildman–Crippen LogP) is 3.61. The molecule has 1 amide bonds. The van der Waals surface area contributed by atoms with Crippen LogP contribution in [-0.4, -0.2) is 11.9 Å². The molecule has 22 heavy (non-hydrogen) atoms. The first-order valence-electron chi connectivity index (χ1n) is 7.14. The van der Waals surface area contributed by atoms with E-state index in [-0.39, 0.29) is 11.9 Å². The summed E-state index contributed by atoms with van der Waals surface area (Å²) in [4.78, 5) is 12.2. The van der Waals surface area contributed by atoms with Crippen LogP contribution in [0.2, 0.25) is 0 Å². The van der Waals surface area contributed by atoms with Crippen LogP contribution in [0, 0.1) is 25.2 Å². The van der Waals surface area contributed by atoms with Crippen molar-refractivity contribution in [3.05, 3.63) is 59.2 Å². The van der Waals surface area contributed by atoms with E-state index in [1.54, 1.807) is 31.2 Å². The zero-order valence-corrected chi connectivity index (χ0v) is 13.0. The highest BCUT2D eigenvalue weighted by Gasteiger charge is 2.13. The number of nitriles is 1. The van der Waals surface area contributed by atoms with Gasteiger partial charge in [-0.25, -0.2) is 0 Å². The van der Waals surface area contributed by atoms with Crippen molar-refractivity contribution in [2.45, 2.75) is 26.8 Å². The molecule has 4 heteroatoms. The average Bonchev–Trinajstić information content (AvgIpc) is 2.51. The molecule has 0 aromatic heterocycles. The molecule has 0 spiro atoms. The number of nitrogens with one attached hydrogen (secondary N) is 2. The molecule has 0 radical (unpaired) electrons.